The topological polar surface area (TPSA) is 64.5 Å². The second-order valence-corrected chi connectivity index (χ2v) is 15.6. The van der Waals surface area contributed by atoms with E-state index in [1.165, 1.54) is 25.7 Å². The van der Waals surface area contributed by atoms with Crippen LogP contribution in [0.15, 0.2) is 200 Å². The first-order chi connectivity index (χ1) is 29.2. The molecule has 4 aromatic heterocycles. The highest BCUT2D eigenvalue weighted by Gasteiger charge is 2.17. The molecule has 59 heavy (non-hydrogen) atoms. The van der Waals surface area contributed by atoms with Gasteiger partial charge in [-0.1, -0.05) is 170 Å². The lowest BCUT2D eigenvalue weighted by atomic mass is 9.97. The normalized spacial score (nSPS) is 11.4. The lowest BCUT2D eigenvalue weighted by molar-refractivity contribution is 1.07. The van der Waals surface area contributed by atoms with E-state index in [-0.39, 0.29) is 0 Å². The molecule has 11 rings (SSSR count). The van der Waals surface area contributed by atoms with Crippen LogP contribution in [0.1, 0.15) is 0 Å². The smallest absolute Gasteiger partial charge is 0.164 e. The second-order valence-electron chi connectivity index (χ2n) is 14.5. The lowest BCUT2D eigenvalue weighted by Crippen LogP contribution is -2.00. The molecule has 0 bridgehead atoms. The summed E-state index contributed by atoms with van der Waals surface area (Å²) >= 11 is 1.80. The quantitative estimate of drug-likeness (QED) is 0.161. The van der Waals surface area contributed by atoms with Crippen LogP contribution in [0, 0.1) is 0 Å². The molecule has 276 valence electrons. The predicted octanol–water partition coefficient (Wildman–Crippen LogP) is 13.9. The Morgan fingerprint density at radius 2 is 0.797 bits per heavy atom. The van der Waals surface area contributed by atoms with Gasteiger partial charge in [-0.05, 0) is 51.6 Å². The minimum atomic E-state index is 0.631. The maximum atomic E-state index is 5.17. The average molecular weight is 772 g/mol. The first kappa shape index (κ1) is 34.6. The summed E-state index contributed by atoms with van der Waals surface area (Å²) in [7, 11) is 0. The monoisotopic (exact) mass is 771 g/mol. The number of hydrogen-bond acceptors (Lipinski definition) is 6. The van der Waals surface area contributed by atoms with E-state index in [9.17, 15) is 0 Å². The first-order valence-corrected chi connectivity index (χ1v) is 20.4. The Kier molecular flexibility index (Phi) is 8.60. The third kappa shape index (κ3) is 6.52. The number of hydrogen-bond donors (Lipinski definition) is 0. The molecule has 0 aliphatic rings. The minimum absolute atomic E-state index is 0.631. The molecule has 0 atom stereocenters. The highest BCUT2D eigenvalue weighted by molar-refractivity contribution is 7.26. The van der Waals surface area contributed by atoms with E-state index < -0.39 is 0 Å². The fourth-order valence-electron chi connectivity index (χ4n) is 7.83. The molecule has 0 saturated heterocycles. The van der Waals surface area contributed by atoms with Gasteiger partial charge in [0.1, 0.15) is 0 Å². The Morgan fingerprint density at radius 3 is 1.41 bits per heavy atom. The number of fused-ring (bicyclic) bond motifs is 5. The van der Waals surface area contributed by atoms with Crippen LogP contribution >= 0.6 is 11.3 Å². The van der Waals surface area contributed by atoms with E-state index in [4.69, 9.17) is 19.9 Å². The van der Waals surface area contributed by atoms with E-state index in [0.29, 0.717) is 17.5 Å². The summed E-state index contributed by atoms with van der Waals surface area (Å²) in [6.45, 7) is 0. The zero-order valence-electron chi connectivity index (χ0n) is 31.7. The van der Waals surface area contributed by atoms with Crippen LogP contribution in [0.2, 0.25) is 0 Å². The minimum Gasteiger partial charge on any atom is -0.264 e. The van der Waals surface area contributed by atoms with Crippen LogP contribution in [0.25, 0.3) is 110 Å². The highest BCUT2D eigenvalue weighted by Crippen LogP contribution is 2.43. The molecular formula is C53H33N5S. The summed E-state index contributed by atoms with van der Waals surface area (Å²) < 4.78 is 2.44. The summed E-state index contributed by atoms with van der Waals surface area (Å²) in [5.41, 5.74) is 12.7. The SMILES string of the molecule is c1ccc(-c2ccc(-c3nc(-c4ccccc4)nc(-c4ccc(-c5cccc(-c6ccc(-c7nc8ccncc8c8c7sc7ccccc78)cc6)c5)cc4)n3)cc2)cc1. The fraction of sp³-hybridized carbons (Fsp3) is 0. The average Bonchev–Trinajstić information content (AvgIpc) is 3.72. The van der Waals surface area contributed by atoms with Crippen molar-refractivity contribution in [1.29, 1.82) is 0 Å². The van der Waals surface area contributed by atoms with Crippen LogP contribution < -0.4 is 0 Å². The summed E-state index contributed by atoms with van der Waals surface area (Å²) in [6.07, 6.45) is 3.76. The van der Waals surface area contributed by atoms with E-state index in [2.05, 4.69) is 151 Å². The highest BCUT2D eigenvalue weighted by atomic mass is 32.1. The summed E-state index contributed by atoms with van der Waals surface area (Å²) in [6, 6.07) is 65.5. The summed E-state index contributed by atoms with van der Waals surface area (Å²) in [5.74, 6) is 1.91. The van der Waals surface area contributed by atoms with Crippen molar-refractivity contribution in [1.82, 2.24) is 24.9 Å². The van der Waals surface area contributed by atoms with Gasteiger partial charge in [0.15, 0.2) is 17.5 Å². The van der Waals surface area contributed by atoms with E-state index in [0.717, 1.165) is 66.7 Å². The third-order valence-corrected chi connectivity index (χ3v) is 12.0. The summed E-state index contributed by atoms with van der Waals surface area (Å²) in [5, 5.41) is 3.56. The summed E-state index contributed by atoms with van der Waals surface area (Å²) in [4.78, 5) is 24.5. The Balaban J connectivity index is 0.900. The van der Waals surface area contributed by atoms with E-state index in [1.54, 1.807) is 11.3 Å². The van der Waals surface area contributed by atoms with Gasteiger partial charge < -0.3 is 0 Å². The molecule has 5 nitrogen and oxygen atoms in total. The molecule has 0 fully saturated rings. The molecule has 0 amide bonds. The van der Waals surface area contributed by atoms with Gasteiger partial charge in [-0.2, -0.15) is 0 Å². The molecule has 0 aliphatic carbocycles. The lowest BCUT2D eigenvalue weighted by Gasteiger charge is -2.11. The molecule has 11 aromatic rings. The molecule has 0 unspecified atom stereocenters. The molecule has 0 N–H and O–H groups in total. The van der Waals surface area contributed by atoms with Crippen LogP contribution in [-0.2, 0) is 0 Å². The number of aromatic nitrogens is 5. The van der Waals surface area contributed by atoms with Crippen molar-refractivity contribution in [3.05, 3.63) is 200 Å². The van der Waals surface area contributed by atoms with Crippen LogP contribution in [0.5, 0.6) is 0 Å². The van der Waals surface area contributed by atoms with Crippen molar-refractivity contribution in [3.8, 4) is 78.8 Å². The van der Waals surface area contributed by atoms with Gasteiger partial charge in [0, 0.05) is 55.5 Å². The second kappa shape index (κ2) is 14.7. The Bertz CT molecular complexity index is 3290. The van der Waals surface area contributed by atoms with Crippen LogP contribution in [-0.4, -0.2) is 24.9 Å². The number of pyridine rings is 2. The van der Waals surface area contributed by atoms with Crippen molar-refractivity contribution in [2.75, 3.05) is 0 Å². The molecule has 6 heteroatoms. The molecular weight excluding hydrogens is 739 g/mol. The number of nitrogens with zero attached hydrogens (tertiary/aromatic N) is 5. The maximum Gasteiger partial charge on any atom is 0.164 e. The first-order valence-electron chi connectivity index (χ1n) is 19.6. The zero-order chi connectivity index (χ0) is 39.1. The van der Waals surface area contributed by atoms with Crippen molar-refractivity contribution in [3.63, 3.8) is 0 Å². The van der Waals surface area contributed by atoms with Crippen LogP contribution in [0.4, 0.5) is 0 Å². The molecule has 7 aromatic carbocycles. The molecule has 0 saturated carbocycles. The molecule has 4 heterocycles. The standard InChI is InChI=1S/C53H33N5S/c1-3-10-34(11-4-1)35-20-26-40(27-21-35)52-56-51(39-12-5-2-6-13-39)57-53(58-52)41-28-22-37(23-29-41)43-15-9-14-42(32-43)36-18-24-38(25-19-36)49-50-48(44-16-7-8-17-47(44)59-50)45-33-54-31-30-46(45)55-49/h1-33H. The van der Waals surface area contributed by atoms with Gasteiger partial charge in [0.2, 0.25) is 0 Å². The van der Waals surface area contributed by atoms with E-state index in [1.807, 2.05) is 54.9 Å². The Morgan fingerprint density at radius 1 is 0.339 bits per heavy atom. The number of benzene rings is 7. The van der Waals surface area contributed by atoms with Gasteiger partial charge in [-0.15, -0.1) is 11.3 Å². The van der Waals surface area contributed by atoms with Crippen LogP contribution in [0.3, 0.4) is 0 Å². The number of thiophene rings is 1. The Hall–Kier alpha value is -7.67. The largest absolute Gasteiger partial charge is 0.264 e. The fourth-order valence-corrected chi connectivity index (χ4v) is 9.06. The maximum absolute atomic E-state index is 5.17. The van der Waals surface area contributed by atoms with Crippen molar-refractivity contribution in [2.45, 2.75) is 0 Å². The molecule has 0 radical (unpaired) electrons. The number of rotatable bonds is 7. The zero-order valence-corrected chi connectivity index (χ0v) is 32.5. The predicted molar refractivity (Wildman–Crippen MR) is 244 cm³/mol. The Labute approximate surface area is 345 Å². The molecule has 0 spiro atoms. The van der Waals surface area contributed by atoms with Crippen molar-refractivity contribution in [2.24, 2.45) is 0 Å². The van der Waals surface area contributed by atoms with Crippen molar-refractivity contribution < 1.29 is 0 Å². The van der Waals surface area contributed by atoms with Gasteiger partial charge in [0.25, 0.3) is 0 Å². The van der Waals surface area contributed by atoms with Gasteiger partial charge >= 0.3 is 0 Å². The molecule has 0 aliphatic heterocycles. The van der Waals surface area contributed by atoms with Gasteiger partial charge in [-0.3, -0.25) is 4.98 Å². The van der Waals surface area contributed by atoms with Gasteiger partial charge in [0.05, 0.1) is 15.9 Å². The third-order valence-electron chi connectivity index (χ3n) is 10.9. The van der Waals surface area contributed by atoms with Gasteiger partial charge in [-0.25, -0.2) is 19.9 Å². The van der Waals surface area contributed by atoms with Crippen molar-refractivity contribution >= 4 is 42.4 Å². The van der Waals surface area contributed by atoms with E-state index >= 15 is 0 Å².